The molecule has 110 valence electrons. The summed E-state index contributed by atoms with van der Waals surface area (Å²) in [7, 11) is 1.74. The van der Waals surface area contributed by atoms with Crippen molar-refractivity contribution in [1.82, 2.24) is 19.9 Å². The van der Waals surface area contributed by atoms with Crippen molar-refractivity contribution >= 4 is 12.0 Å². The highest BCUT2D eigenvalue weighted by atomic mass is 16.2. The van der Waals surface area contributed by atoms with Gasteiger partial charge in [-0.05, 0) is 5.56 Å². The second-order valence-electron chi connectivity index (χ2n) is 4.65. The number of nitrogens with zero attached hydrogens (tertiary/aromatic N) is 4. The lowest BCUT2D eigenvalue weighted by Crippen LogP contribution is -2.27. The maximum absolute atomic E-state index is 12.1. The zero-order chi connectivity index (χ0) is 15.1. The quantitative estimate of drug-likeness (QED) is 0.859. The molecule has 0 fully saturated rings. The van der Waals surface area contributed by atoms with Crippen LogP contribution in [0.15, 0.2) is 42.6 Å². The molecule has 0 radical (unpaired) electrons. The number of amides is 1. The standard InChI is InChI=1S/C15H19N5O/c1-19(10-5-8-13-6-3-2-4-7-13)15(21)14-12-20(11-9-16)18-17-14/h2-8,12H,9-11,16H2,1H3/b8-5+. The molecule has 1 amide bonds. The smallest absolute Gasteiger partial charge is 0.276 e. The Hall–Kier alpha value is -2.47. The highest BCUT2D eigenvalue weighted by Gasteiger charge is 2.14. The molecule has 6 heteroatoms. The molecule has 1 aromatic heterocycles. The first-order valence-electron chi connectivity index (χ1n) is 6.78. The summed E-state index contributed by atoms with van der Waals surface area (Å²) in [6.45, 7) is 1.53. The van der Waals surface area contributed by atoms with E-state index in [0.717, 1.165) is 5.56 Å². The number of rotatable bonds is 6. The van der Waals surface area contributed by atoms with Crippen LogP contribution in [0.25, 0.3) is 6.08 Å². The van der Waals surface area contributed by atoms with Crippen LogP contribution in [0, 0.1) is 0 Å². The molecule has 1 heterocycles. The van der Waals surface area contributed by atoms with E-state index < -0.39 is 0 Å². The third-order valence-electron chi connectivity index (χ3n) is 2.95. The molecular weight excluding hydrogens is 266 g/mol. The summed E-state index contributed by atoms with van der Waals surface area (Å²) in [6.07, 6.45) is 5.54. The Morgan fingerprint density at radius 3 is 2.86 bits per heavy atom. The van der Waals surface area contributed by atoms with Crippen LogP contribution in [-0.4, -0.2) is 45.9 Å². The molecule has 0 spiro atoms. The summed E-state index contributed by atoms with van der Waals surface area (Å²) in [6, 6.07) is 9.94. The second kappa shape index (κ2) is 7.35. The van der Waals surface area contributed by atoms with Gasteiger partial charge in [0.05, 0.1) is 12.7 Å². The minimum atomic E-state index is -0.156. The van der Waals surface area contributed by atoms with Gasteiger partial charge >= 0.3 is 0 Å². The van der Waals surface area contributed by atoms with Gasteiger partial charge < -0.3 is 10.6 Å². The molecule has 0 saturated carbocycles. The molecule has 2 N–H and O–H groups in total. The maximum atomic E-state index is 12.1. The van der Waals surface area contributed by atoms with Crippen molar-refractivity contribution < 1.29 is 4.79 Å². The highest BCUT2D eigenvalue weighted by molar-refractivity contribution is 5.91. The molecule has 0 saturated heterocycles. The van der Waals surface area contributed by atoms with Gasteiger partial charge in [-0.1, -0.05) is 47.7 Å². The van der Waals surface area contributed by atoms with Gasteiger partial charge in [-0.2, -0.15) is 0 Å². The Bertz CT molecular complexity index is 606. The van der Waals surface area contributed by atoms with Gasteiger partial charge in [0, 0.05) is 20.1 Å². The van der Waals surface area contributed by atoms with E-state index in [-0.39, 0.29) is 5.91 Å². The van der Waals surface area contributed by atoms with E-state index in [9.17, 15) is 4.79 Å². The average Bonchev–Trinajstić information content (AvgIpc) is 2.96. The molecule has 1 aromatic carbocycles. The normalized spacial score (nSPS) is 11.0. The molecule has 0 atom stereocenters. The SMILES string of the molecule is CN(C/C=C/c1ccccc1)C(=O)c1cn(CCN)nn1. The van der Waals surface area contributed by atoms with Crippen molar-refractivity contribution in [2.24, 2.45) is 5.73 Å². The van der Waals surface area contributed by atoms with Crippen LogP contribution >= 0.6 is 0 Å². The maximum Gasteiger partial charge on any atom is 0.276 e. The number of hydrogen-bond donors (Lipinski definition) is 1. The number of benzene rings is 1. The average molecular weight is 285 g/mol. The molecule has 2 rings (SSSR count). The molecule has 21 heavy (non-hydrogen) atoms. The summed E-state index contributed by atoms with van der Waals surface area (Å²) in [5.41, 5.74) is 6.87. The zero-order valence-corrected chi connectivity index (χ0v) is 12.0. The first-order chi connectivity index (χ1) is 10.2. The fraction of sp³-hybridized carbons (Fsp3) is 0.267. The third-order valence-corrected chi connectivity index (χ3v) is 2.95. The monoisotopic (exact) mass is 285 g/mol. The molecule has 0 unspecified atom stereocenters. The molecule has 0 aliphatic heterocycles. The number of carbonyl (C=O) groups excluding carboxylic acids is 1. The van der Waals surface area contributed by atoms with Gasteiger partial charge in [-0.25, -0.2) is 0 Å². The lowest BCUT2D eigenvalue weighted by Gasteiger charge is -2.12. The number of hydrogen-bond acceptors (Lipinski definition) is 4. The van der Waals surface area contributed by atoms with Crippen LogP contribution < -0.4 is 5.73 Å². The Morgan fingerprint density at radius 1 is 1.38 bits per heavy atom. The van der Waals surface area contributed by atoms with Crippen LogP contribution in [0.3, 0.4) is 0 Å². The predicted octanol–water partition coefficient (Wildman–Crippen LogP) is 1.02. The summed E-state index contributed by atoms with van der Waals surface area (Å²) >= 11 is 0. The van der Waals surface area contributed by atoms with Crippen molar-refractivity contribution in [3.63, 3.8) is 0 Å². The third kappa shape index (κ3) is 4.25. The summed E-state index contributed by atoms with van der Waals surface area (Å²) in [4.78, 5) is 13.7. The van der Waals surface area contributed by atoms with Crippen LogP contribution in [0.4, 0.5) is 0 Å². The molecule has 2 aromatic rings. The van der Waals surface area contributed by atoms with E-state index >= 15 is 0 Å². The van der Waals surface area contributed by atoms with E-state index in [1.54, 1.807) is 22.8 Å². The van der Waals surface area contributed by atoms with E-state index in [2.05, 4.69) is 10.3 Å². The summed E-state index contributed by atoms with van der Waals surface area (Å²) < 4.78 is 1.57. The number of likely N-dealkylation sites (N-methyl/N-ethyl adjacent to an activating group) is 1. The van der Waals surface area contributed by atoms with Gasteiger partial charge in [0.25, 0.3) is 5.91 Å². The van der Waals surface area contributed by atoms with Gasteiger partial charge in [0.15, 0.2) is 5.69 Å². The topological polar surface area (TPSA) is 77.0 Å². The molecule has 0 bridgehead atoms. The van der Waals surface area contributed by atoms with Crippen LogP contribution in [-0.2, 0) is 6.54 Å². The van der Waals surface area contributed by atoms with Crippen LogP contribution in [0.2, 0.25) is 0 Å². The molecule has 0 aliphatic carbocycles. The predicted molar refractivity (Wildman–Crippen MR) is 81.5 cm³/mol. The minimum absolute atomic E-state index is 0.156. The van der Waals surface area contributed by atoms with Crippen molar-refractivity contribution in [1.29, 1.82) is 0 Å². The Labute approximate surface area is 123 Å². The molecule has 6 nitrogen and oxygen atoms in total. The van der Waals surface area contributed by atoms with E-state index in [4.69, 9.17) is 5.73 Å². The fourth-order valence-electron chi connectivity index (χ4n) is 1.83. The van der Waals surface area contributed by atoms with Gasteiger partial charge in [-0.15, -0.1) is 5.10 Å². The van der Waals surface area contributed by atoms with Crippen LogP contribution in [0.5, 0.6) is 0 Å². The largest absolute Gasteiger partial charge is 0.337 e. The highest BCUT2D eigenvalue weighted by Crippen LogP contribution is 2.03. The van der Waals surface area contributed by atoms with Crippen molar-refractivity contribution in [2.45, 2.75) is 6.54 Å². The van der Waals surface area contributed by atoms with Crippen LogP contribution in [0.1, 0.15) is 16.1 Å². The van der Waals surface area contributed by atoms with E-state index in [0.29, 0.717) is 25.3 Å². The van der Waals surface area contributed by atoms with Crippen molar-refractivity contribution in [3.8, 4) is 0 Å². The Balaban J connectivity index is 1.91. The number of carbonyl (C=O) groups is 1. The summed E-state index contributed by atoms with van der Waals surface area (Å²) in [5.74, 6) is -0.156. The molecule has 0 aliphatic rings. The van der Waals surface area contributed by atoms with Gasteiger partial charge in [0.1, 0.15) is 0 Å². The lowest BCUT2D eigenvalue weighted by atomic mass is 10.2. The lowest BCUT2D eigenvalue weighted by molar-refractivity contribution is 0.0804. The minimum Gasteiger partial charge on any atom is -0.337 e. The first-order valence-corrected chi connectivity index (χ1v) is 6.78. The molecular formula is C15H19N5O. The Morgan fingerprint density at radius 2 is 2.14 bits per heavy atom. The van der Waals surface area contributed by atoms with E-state index in [1.807, 2.05) is 42.5 Å². The van der Waals surface area contributed by atoms with E-state index in [1.165, 1.54) is 0 Å². The van der Waals surface area contributed by atoms with Gasteiger partial charge in [0.2, 0.25) is 0 Å². The summed E-state index contributed by atoms with van der Waals surface area (Å²) in [5, 5.41) is 7.72. The number of nitrogens with two attached hydrogens (primary N) is 1. The first kappa shape index (κ1) is 14.9. The van der Waals surface area contributed by atoms with Crippen molar-refractivity contribution in [3.05, 3.63) is 53.9 Å². The van der Waals surface area contributed by atoms with Gasteiger partial charge in [-0.3, -0.25) is 9.48 Å². The van der Waals surface area contributed by atoms with Crippen molar-refractivity contribution in [2.75, 3.05) is 20.1 Å². The fourth-order valence-corrected chi connectivity index (χ4v) is 1.83. The second-order valence-corrected chi connectivity index (χ2v) is 4.65. The Kier molecular flexibility index (Phi) is 5.22. The zero-order valence-electron chi connectivity index (χ0n) is 12.0. The number of aromatic nitrogens is 3.